The van der Waals surface area contributed by atoms with Gasteiger partial charge in [-0.2, -0.15) is 13.2 Å². The lowest BCUT2D eigenvalue weighted by molar-refractivity contribution is -0.153. The predicted molar refractivity (Wildman–Crippen MR) is 153 cm³/mol. The number of allylic oxidation sites excluding steroid dienone is 4. The first kappa shape index (κ1) is 30.5. The predicted octanol–water partition coefficient (Wildman–Crippen LogP) is 2.76. The van der Waals surface area contributed by atoms with Crippen LogP contribution in [0.4, 0.5) is 13.2 Å². The highest BCUT2D eigenvalue weighted by Gasteiger charge is 2.45. The van der Waals surface area contributed by atoms with Gasteiger partial charge in [0.05, 0.1) is 28.5 Å². The van der Waals surface area contributed by atoms with Crippen molar-refractivity contribution in [2.75, 3.05) is 19.4 Å². The quantitative estimate of drug-likeness (QED) is 0.387. The monoisotopic (exact) mass is 619 g/mol. The molecule has 0 radical (unpaired) electrons. The van der Waals surface area contributed by atoms with Gasteiger partial charge in [0, 0.05) is 18.0 Å². The van der Waals surface area contributed by atoms with Crippen LogP contribution in [0.15, 0.2) is 69.7 Å². The first-order valence-electron chi connectivity index (χ1n) is 13.8. The Morgan fingerprint density at radius 2 is 2.02 bits per heavy atom. The second-order valence-corrected chi connectivity index (χ2v) is 12.9. The van der Waals surface area contributed by atoms with Gasteiger partial charge in [-0.1, -0.05) is 18.2 Å². The van der Waals surface area contributed by atoms with Crippen molar-refractivity contribution in [2.24, 2.45) is 4.99 Å². The number of benzene rings is 1. The van der Waals surface area contributed by atoms with E-state index in [1.807, 2.05) is 13.0 Å². The van der Waals surface area contributed by atoms with Crippen LogP contribution in [0.2, 0.25) is 0 Å². The van der Waals surface area contributed by atoms with E-state index in [9.17, 15) is 31.2 Å². The summed E-state index contributed by atoms with van der Waals surface area (Å²) in [4.78, 5) is 31.3. The molecule has 4 N–H and O–H groups in total. The lowest BCUT2D eigenvalue weighted by Gasteiger charge is -2.35. The Morgan fingerprint density at radius 3 is 2.77 bits per heavy atom. The molecule has 1 spiro atoms. The molecule has 43 heavy (non-hydrogen) atoms. The van der Waals surface area contributed by atoms with Crippen molar-refractivity contribution >= 4 is 28.1 Å². The van der Waals surface area contributed by atoms with Crippen LogP contribution in [0.25, 0.3) is 0 Å². The molecule has 4 aliphatic rings. The highest BCUT2D eigenvalue weighted by molar-refractivity contribution is 7.90. The number of alkyl halides is 3. The third-order valence-corrected chi connectivity index (χ3v) is 9.16. The summed E-state index contributed by atoms with van der Waals surface area (Å²) in [6.07, 6.45) is 5.32. The molecule has 2 amide bonds. The van der Waals surface area contributed by atoms with Gasteiger partial charge in [-0.05, 0) is 74.9 Å². The maximum absolute atomic E-state index is 14.1. The zero-order valence-electron chi connectivity index (χ0n) is 23.6. The lowest BCUT2D eigenvalue weighted by Crippen LogP contribution is -2.48. The third kappa shape index (κ3) is 6.69. The largest absolute Gasteiger partial charge is 0.484 e. The number of fused-ring (bicyclic) bond motifs is 3. The zero-order valence-corrected chi connectivity index (χ0v) is 24.4. The number of hydrogen-bond acceptors (Lipinski definition) is 7. The number of rotatable bonds is 6. The van der Waals surface area contributed by atoms with Crippen LogP contribution < -0.4 is 25.4 Å². The van der Waals surface area contributed by atoms with E-state index in [0.29, 0.717) is 43.4 Å². The molecule has 1 aromatic carbocycles. The number of carbonyl (C=O) groups excluding carboxylic acids is 2. The minimum Gasteiger partial charge on any atom is -0.484 e. The fraction of sp³-hybridized carbons (Fsp3) is 0.414. The van der Waals surface area contributed by atoms with Crippen molar-refractivity contribution in [1.82, 2.24) is 20.7 Å². The molecule has 3 aliphatic heterocycles. The highest BCUT2D eigenvalue weighted by atomic mass is 32.2. The van der Waals surface area contributed by atoms with Crippen LogP contribution in [0, 0.1) is 0 Å². The maximum atomic E-state index is 14.1. The number of aryl methyl sites for hydroxylation is 1. The molecule has 0 bridgehead atoms. The van der Waals surface area contributed by atoms with E-state index in [1.165, 1.54) is 13.1 Å². The molecule has 0 aromatic heterocycles. The molecule has 2 atom stereocenters. The Kier molecular flexibility index (Phi) is 8.27. The Morgan fingerprint density at radius 1 is 1.23 bits per heavy atom. The van der Waals surface area contributed by atoms with Crippen LogP contribution >= 0.6 is 0 Å². The van der Waals surface area contributed by atoms with Gasteiger partial charge >= 0.3 is 6.18 Å². The van der Waals surface area contributed by atoms with Gasteiger partial charge < -0.3 is 20.7 Å². The molecule has 10 nitrogen and oxygen atoms in total. The van der Waals surface area contributed by atoms with Crippen LogP contribution in [-0.4, -0.2) is 58.1 Å². The smallest absolute Gasteiger partial charge is 0.422 e. The molecule has 14 heteroatoms. The summed E-state index contributed by atoms with van der Waals surface area (Å²) in [5, 5.41) is 9.21. The van der Waals surface area contributed by atoms with Crippen LogP contribution in [0.3, 0.4) is 0 Å². The second-order valence-electron chi connectivity index (χ2n) is 11.0. The van der Waals surface area contributed by atoms with E-state index in [0.717, 1.165) is 16.7 Å². The second kappa shape index (κ2) is 11.6. The first-order valence-corrected chi connectivity index (χ1v) is 15.4. The summed E-state index contributed by atoms with van der Waals surface area (Å²) in [6.45, 7) is 0.479. The first-order chi connectivity index (χ1) is 20.3. The Labute approximate surface area is 247 Å². The van der Waals surface area contributed by atoms with Gasteiger partial charge in [-0.15, -0.1) is 0 Å². The molecular weight excluding hydrogens is 587 g/mol. The molecule has 1 saturated heterocycles. The Hall–Kier alpha value is -3.91. The van der Waals surface area contributed by atoms with Gasteiger partial charge in [0.1, 0.15) is 11.5 Å². The Bertz CT molecular complexity index is 1610. The minimum atomic E-state index is -4.46. The molecule has 1 fully saturated rings. The molecular formula is C29H32F3N5O5S. The number of halogens is 3. The summed E-state index contributed by atoms with van der Waals surface area (Å²) in [6, 6.07) is 4.31. The van der Waals surface area contributed by atoms with E-state index < -0.39 is 52.0 Å². The van der Waals surface area contributed by atoms with Crippen molar-refractivity contribution in [3.63, 3.8) is 0 Å². The average molecular weight is 620 g/mol. The summed E-state index contributed by atoms with van der Waals surface area (Å²) >= 11 is 0. The van der Waals surface area contributed by atoms with Crippen LogP contribution in [-0.2, 0) is 31.6 Å². The van der Waals surface area contributed by atoms with Gasteiger partial charge in [0.15, 0.2) is 6.61 Å². The summed E-state index contributed by atoms with van der Waals surface area (Å²) in [7, 11) is -2.67. The summed E-state index contributed by atoms with van der Waals surface area (Å²) in [5.74, 6) is -1.98. The van der Waals surface area contributed by atoms with Crippen molar-refractivity contribution in [2.45, 2.75) is 56.8 Å². The molecule has 5 rings (SSSR count). The lowest BCUT2D eigenvalue weighted by atomic mass is 9.82. The third-order valence-electron chi connectivity index (χ3n) is 7.90. The van der Waals surface area contributed by atoms with Crippen LogP contribution in [0.1, 0.15) is 43.7 Å². The minimum absolute atomic E-state index is 0.105. The summed E-state index contributed by atoms with van der Waals surface area (Å²) < 4.78 is 69.3. The van der Waals surface area contributed by atoms with Crippen LogP contribution in [0.5, 0.6) is 5.75 Å². The molecule has 1 unspecified atom stereocenters. The average Bonchev–Trinajstić information content (AvgIpc) is 3.36. The normalized spacial score (nSPS) is 25.3. The van der Waals surface area contributed by atoms with E-state index in [1.54, 1.807) is 30.6 Å². The number of ether oxygens (including phenoxy) is 1. The van der Waals surface area contributed by atoms with E-state index in [4.69, 9.17) is 4.74 Å². The van der Waals surface area contributed by atoms with Gasteiger partial charge in [0.25, 0.3) is 5.91 Å². The fourth-order valence-electron chi connectivity index (χ4n) is 5.91. The molecule has 1 aromatic rings. The number of nitrogens with zero attached hydrogens (tertiary/aromatic N) is 1. The molecule has 230 valence electrons. The summed E-state index contributed by atoms with van der Waals surface area (Å²) in [5.41, 5.74) is 3.23. The SMILES string of the molecule is CNS(=O)(=O)CC(=O)NC1=C2C(=O)N[C@@]3(CCCC2NC1=C1C=CC(C)=CN=C1)CCc1cc(OCC(F)(F)F)ccc13. The number of hydrogen-bond donors (Lipinski definition) is 4. The van der Waals surface area contributed by atoms with Crippen molar-refractivity contribution in [3.8, 4) is 5.75 Å². The van der Waals surface area contributed by atoms with E-state index >= 15 is 0 Å². The van der Waals surface area contributed by atoms with Gasteiger partial charge in [0.2, 0.25) is 15.9 Å². The topological polar surface area (TPSA) is 138 Å². The fourth-order valence-corrected chi connectivity index (χ4v) is 6.47. The van der Waals surface area contributed by atoms with Gasteiger partial charge in [-0.3, -0.25) is 14.6 Å². The standard InChI is InChI=1S/C29H32F3N5O5S/c1-17-5-6-19(14-34-13-17)25-26(36-23(38)15-43(40,41)33-2)24-22(35-25)4-3-10-28(37-27(24)39)11-9-18-12-20(7-8-21(18)28)42-16-29(30,31)32/h5-8,12-14,22,33,35H,3-4,9-11,15-16H2,1-2H3,(H,36,38)(H,37,39)/t22?,28-/m0/s1. The zero-order chi connectivity index (χ0) is 31.0. The van der Waals surface area contributed by atoms with Crippen molar-refractivity contribution in [1.29, 1.82) is 0 Å². The molecule has 1 aliphatic carbocycles. The highest BCUT2D eigenvalue weighted by Crippen LogP contribution is 2.44. The number of aliphatic imine (C=N–C) groups is 1. The van der Waals surface area contributed by atoms with Gasteiger partial charge in [-0.25, -0.2) is 13.1 Å². The van der Waals surface area contributed by atoms with E-state index in [-0.39, 0.29) is 17.0 Å². The number of amides is 2. The van der Waals surface area contributed by atoms with Crippen molar-refractivity contribution < 1.29 is 35.9 Å². The Balaban J connectivity index is 1.51. The number of nitrogens with one attached hydrogen (secondary N) is 4. The van der Waals surface area contributed by atoms with Crippen molar-refractivity contribution in [3.05, 3.63) is 75.8 Å². The van der Waals surface area contributed by atoms with E-state index in [2.05, 4.69) is 25.7 Å². The maximum Gasteiger partial charge on any atom is 0.422 e. The number of sulfonamides is 1. The molecule has 0 saturated carbocycles. The number of carbonyl (C=O) groups is 2. The molecule has 3 heterocycles.